The third kappa shape index (κ3) is 1.40. The number of nitrogens with zero attached hydrogens (tertiary/aromatic N) is 1. The van der Waals surface area contributed by atoms with E-state index in [1.165, 1.54) is 6.20 Å². The van der Waals surface area contributed by atoms with Crippen molar-refractivity contribution in [3.05, 3.63) is 21.8 Å². The smallest absolute Gasteiger partial charge is 0.143 e. The molecule has 0 aromatic carbocycles. The van der Waals surface area contributed by atoms with Crippen LogP contribution < -0.4 is 5.73 Å². The normalized spacial score (nSPS) is 9.18. The number of hydrogen-bond donors (Lipinski definition) is 1. The molecule has 1 aromatic rings. The van der Waals surface area contributed by atoms with E-state index < -0.39 is 0 Å². The minimum Gasteiger partial charge on any atom is -0.382 e. The van der Waals surface area contributed by atoms with Crippen molar-refractivity contribution in [2.24, 2.45) is 0 Å². The van der Waals surface area contributed by atoms with Gasteiger partial charge in [-0.2, -0.15) is 0 Å². The van der Waals surface area contributed by atoms with Crippen LogP contribution in [0.25, 0.3) is 0 Å². The largest absolute Gasteiger partial charge is 0.382 e. The highest BCUT2D eigenvalue weighted by Gasteiger charge is 2.06. The van der Waals surface area contributed by atoms with Gasteiger partial charge in [-0.3, -0.25) is 0 Å². The van der Waals surface area contributed by atoms with Gasteiger partial charge in [-0.1, -0.05) is 29.1 Å². The van der Waals surface area contributed by atoms with Crippen LogP contribution in [0.1, 0.15) is 5.56 Å². The molecule has 0 radical (unpaired) electrons. The first-order valence-corrected chi connectivity index (χ1v) is 3.48. The third-order valence-corrected chi connectivity index (χ3v) is 1.81. The molecule has 0 fully saturated rings. The van der Waals surface area contributed by atoms with Gasteiger partial charge in [0.1, 0.15) is 5.82 Å². The highest BCUT2D eigenvalue weighted by molar-refractivity contribution is 6.37. The average molecular weight is 187 g/mol. The maximum Gasteiger partial charge on any atom is 0.143 e. The van der Waals surface area contributed by atoms with E-state index in [9.17, 15) is 0 Å². The molecule has 0 aliphatic carbocycles. The summed E-state index contributed by atoms with van der Waals surface area (Å²) in [4.78, 5) is 3.71. The van der Waals surface area contributed by atoms with Crippen LogP contribution in [0.4, 0.5) is 5.82 Å². The van der Waals surface area contributed by atoms with Gasteiger partial charge in [0.2, 0.25) is 0 Å². The molecule has 11 heavy (non-hydrogen) atoms. The lowest BCUT2D eigenvalue weighted by molar-refractivity contribution is 1.33. The van der Waals surface area contributed by atoms with E-state index in [0.717, 1.165) is 0 Å². The van der Waals surface area contributed by atoms with Gasteiger partial charge in [0.15, 0.2) is 0 Å². The quantitative estimate of drug-likeness (QED) is 0.630. The van der Waals surface area contributed by atoms with Crippen LogP contribution in [-0.4, -0.2) is 4.98 Å². The van der Waals surface area contributed by atoms with Crippen molar-refractivity contribution in [1.82, 2.24) is 4.98 Å². The molecular weight excluding hydrogens is 183 g/mol. The second kappa shape index (κ2) is 3.00. The van der Waals surface area contributed by atoms with Crippen LogP contribution in [0.15, 0.2) is 6.20 Å². The van der Waals surface area contributed by atoms with Crippen LogP contribution in [-0.2, 0) is 0 Å². The first-order chi connectivity index (χ1) is 5.16. The number of nitrogen functional groups attached to an aromatic ring is 1. The highest BCUT2D eigenvalue weighted by Crippen LogP contribution is 2.26. The van der Waals surface area contributed by atoms with Gasteiger partial charge in [0, 0.05) is 6.20 Å². The Hall–Kier alpha value is -0.910. The molecule has 0 saturated carbocycles. The molecule has 0 atom stereocenters. The molecule has 0 unspecified atom stereocenters. The molecule has 0 aliphatic heterocycles. The molecule has 4 heteroatoms. The van der Waals surface area contributed by atoms with Crippen LogP contribution in [0.3, 0.4) is 0 Å². The lowest BCUT2D eigenvalue weighted by atomic mass is 10.3. The molecule has 1 rings (SSSR count). The maximum absolute atomic E-state index is 5.68. The van der Waals surface area contributed by atoms with Crippen molar-refractivity contribution in [2.75, 3.05) is 5.73 Å². The van der Waals surface area contributed by atoms with Crippen molar-refractivity contribution in [3.8, 4) is 12.3 Å². The number of anilines is 1. The molecule has 56 valence electrons. The number of pyridine rings is 1. The lowest BCUT2D eigenvalue weighted by Gasteiger charge is -2.00. The van der Waals surface area contributed by atoms with Crippen LogP contribution in [0.2, 0.25) is 10.0 Å². The van der Waals surface area contributed by atoms with Gasteiger partial charge in [0.05, 0.1) is 15.6 Å². The summed E-state index contributed by atoms with van der Waals surface area (Å²) in [5.74, 6) is 2.52. The van der Waals surface area contributed by atoms with E-state index in [4.69, 9.17) is 35.4 Å². The Morgan fingerprint density at radius 3 is 2.64 bits per heavy atom. The van der Waals surface area contributed by atoms with E-state index in [2.05, 4.69) is 10.9 Å². The molecule has 0 saturated heterocycles. The Morgan fingerprint density at radius 1 is 1.55 bits per heavy atom. The first kappa shape index (κ1) is 8.19. The van der Waals surface area contributed by atoms with Crippen molar-refractivity contribution < 1.29 is 0 Å². The number of nitrogens with two attached hydrogens (primary N) is 1. The predicted molar refractivity (Wildman–Crippen MR) is 46.6 cm³/mol. The van der Waals surface area contributed by atoms with E-state index in [0.29, 0.717) is 10.6 Å². The zero-order chi connectivity index (χ0) is 8.43. The molecule has 1 aromatic heterocycles. The summed E-state index contributed by atoms with van der Waals surface area (Å²) >= 11 is 11.3. The van der Waals surface area contributed by atoms with Crippen LogP contribution in [0.5, 0.6) is 0 Å². The second-order valence-electron chi connectivity index (χ2n) is 1.82. The number of terminal acetylenes is 1. The van der Waals surface area contributed by atoms with E-state index in [-0.39, 0.29) is 10.8 Å². The Morgan fingerprint density at radius 2 is 2.18 bits per heavy atom. The zero-order valence-electron chi connectivity index (χ0n) is 5.44. The van der Waals surface area contributed by atoms with Crippen molar-refractivity contribution in [1.29, 1.82) is 0 Å². The molecule has 2 N–H and O–H groups in total. The first-order valence-electron chi connectivity index (χ1n) is 2.73. The predicted octanol–water partition coefficient (Wildman–Crippen LogP) is 1.95. The topological polar surface area (TPSA) is 38.9 Å². The summed E-state index contributed by atoms with van der Waals surface area (Å²) in [6, 6.07) is 0. The fourth-order valence-corrected chi connectivity index (χ4v) is 1.06. The molecular formula is C7H4Cl2N2. The molecule has 0 bridgehead atoms. The van der Waals surface area contributed by atoms with E-state index >= 15 is 0 Å². The fraction of sp³-hybridized carbons (Fsp3) is 0. The van der Waals surface area contributed by atoms with Gasteiger partial charge in [-0.15, -0.1) is 6.42 Å². The number of halogens is 2. The van der Waals surface area contributed by atoms with Gasteiger partial charge < -0.3 is 5.73 Å². The lowest BCUT2D eigenvalue weighted by Crippen LogP contribution is -1.93. The maximum atomic E-state index is 5.68. The van der Waals surface area contributed by atoms with Gasteiger partial charge >= 0.3 is 0 Å². The van der Waals surface area contributed by atoms with Crippen LogP contribution in [0, 0.1) is 12.3 Å². The average Bonchev–Trinajstić information content (AvgIpc) is 1.99. The summed E-state index contributed by atoms with van der Waals surface area (Å²) in [5.41, 5.74) is 5.76. The summed E-state index contributed by atoms with van der Waals surface area (Å²) < 4.78 is 0. The second-order valence-corrected chi connectivity index (χ2v) is 2.61. The highest BCUT2D eigenvalue weighted by atomic mass is 35.5. The minimum absolute atomic E-state index is 0.198. The summed E-state index contributed by atoms with van der Waals surface area (Å²) in [6.45, 7) is 0. The zero-order valence-corrected chi connectivity index (χ0v) is 6.95. The molecule has 1 heterocycles. The van der Waals surface area contributed by atoms with Crippen LogP contribution >= 0.6 is 23.2 Å². The number of rotatable bonds is 0. The Kier molecular flexibility index (Phi) is 2.23. The van der Waals surface area contributed by atoms with Gasteiger partial charge in [-0.25, -0.2) is 4.98 Å². The van der Waals surface area contributed by atoms with E-state index in [1.807, 2.05) is 0 Å². The molecule has 0 spiro atoms. The van der Waals surface area contributed by atoms with E-state index in [1.54, 1.807) is 0 Å². The van der Waals surface area contributed by atoms with Crippen molar-refractivity contribution >= 4 is 29.0 Å². The standard InChI is InChI=1S/C7H4Cl2N2/c1-2-4-5(8)3-11-7(10)6(4)9/h1,3H,(H2,10,11). The van der Waals surface area contributed by atoms with Crippen molar-refractivity contribution in [3.63, 3.8) is 0 Å². The SMILES string of the molecule is C#Cc1c(Cl)cnc(N)c1Cl. The Labute approximate surface area is 74.3 Å². The summed E-state index contributed by atoms with van der Waals surface area (Å²) in [5, 5.41) is 0.576. The third-order valence-electron chi connectivity index (χ3n) is 1.14. The Bertz CT molecular complexity index is 328. The summed E-state index contributed by atoms with van der Waals surface area (Å²) in [7, 11) is 0. The van der Waals surface area contributed by atoms with Crippen molar-refractivity contribution in [2.45, 2.75) is 0 Å². The molecule has 0 amide bonds. The van der Waals surface area contributed by atoms with Gasteiger partial charge in [-0.05, 0) is 0 Å². The number of aromatic nitrogens is 1. The monoisotopic (exact) mass is 186 g/mol. The number of hydrogen-bond acceptors (Lipinski definition) is 2. The van der Waals surface area contributed by atoms with Gasteiger partial charge in [0.25, 0.3) is 0 Å². The Balaban J connectivity index is 3.44. The fourth-order valence-electron chi connectivity index (χ4n) is 0.613. The molecule has 0 aliphatic rings. The molecule has 2 nitrogen and oxygen atoms in total. The minimum atomic E-state index is 0.198. The summed E-state index contributed by atoms with van der Waals surface area (Å²) in [6.07, 6.45) is 6.49.